The molecule has 1 radical (unpaired) electrons. The van der Waals surface area contributed by atoms with Gasteiger partial charge in [0.2, 0.25) is 0 Å². The number of aromatic nitrogens is 2. The van der Waals surface area contributed by atoms with Gasteiger partial charge in [-0.15, -0.1) is 0 Å². The quantitative estimate of drug-likeness (QED) is 0.679. The fourth-order valence-electron chi connectivity index (χ4n) is 1.57. The monoisotopic (exact) mass is 179 g/mol. The van der Waals surface area contributed by atoms with Gasteiger partial charge in [0.1, 0.15) is 6.20 Å². The van der Waals surface area contributed by atoms with Gasteiger partial charge in [-0.25, -0.2) is 0 Å². The van der Waals surface area contributed by atoms with Crippen molar-refractivity contribution in [2.24, 2.45) is 0 Å². The molecule has 1 heterocycles. The summed E-state index contributed by atoms with van der Waals surface area (Å²) >= 11 is 0. The highest BCUT2D eigenvalue weighted by atomic mass is 15.3. The topological polar surface area (TPSA) is 17.8 Å². The lowest BCUT2D eigenvalue weighted by atomic mass is 10.1. The van der Waals surface area contributed by atoms with E-state index >= 15 is 0 Å². The smallest absolute Gasteiger partial charge is 0.116 e. The first-order chi connectivity index (χ1) is 6.33. The van der Waals surface area contributed by atoms with Crippen LogP contribution in [0.4, 0.5) is 0 Å². The van der Waals surface area contributed by atoms with Crippen LogP contribution in [0.3, 0.4) is 0 Å². The van der Waals surface area contributed by atoms with Gasteiger partial charge in [0.15, 0.2) is 0 Å². The Morgan fingerprint density at radius 1 is 1.23 bits per heavy atom. The SMILES string of the molecule is CCCCn1n[c]c(CC)c1CC. The molecule has 0 amide bonds. The van der Waals surface area contributed by atoms with Gasteiger partial charge >= 0.3 is 0 Å². The highest BCUT2D eigenvalue weighted by Gasteiger charge is 2.06. The summed E-state index contributed by atoms with van der Waals surface area (Å²) in [6.45, 7) is 7.61. The zero-order chi connectivity index (χ0) is 9.68. The summed E-state index contributed by atoms with van der Waals surface area (Å²) in [5.41, 5.74) is 2.66. The third-order valence-corrected chi connectivity index (χ3v) is 2.38. The van der Waals surface area contributed by atoms with E-state index in [1.54, 1.807) is 0 Å². The Morgan fingerprint density at radius 3 is 2.54 bits per heavy atom. The van der Waals surface area contributed by atoms with Crippen molar-refractivity contribution in [2.45, 2.75) is 53.0 Å². The number of unbranched alkanes of at least 4 members (excludes halogenated alkanes) is 1. The molecule has 13 heavy (non-hydrogen) atoms. The van der Waals surface area contributed by atoms with Crippen LogP contribution in [-0.4, -0.2) is 9.78 Å². The van der Waals surface area contributed by atoms with Gasteiger partial charge in [-0.1, -0.05) is 27.2 Å². The highest BCUT2D eigenvalue weighted by molar-refractivity contribution is 5.16. The summed E-state index contributed by atoms with van der Waals surface area (Å²) < 4.78 is 2.11. The highest BCUT2D eigenvalue weighted by Crippen LogP contribution is 2.10. The van der Waals surface area contributed by atoms with Crippen LogP contribution in [0.15, 0.2) is 0 Å². The van der Waals surface area contributed by atoms with Crippen molar-refractivity contribution in [3.05, 3.63) is 17.5 Å². The molecule has 0 N–H and O–H groups in total. The van der Waals surface area contributed by atoms with Crippen molar-refractivity contribution in [1.29, 1.82) is 0 Å². The van der Waals surface area contributed by atoms with E-state index in [4.69, 9.17) is 0 Å². The summed E-state index contributed by atoms with van der Waals surface area (Å²) in [5, 5.41) is 4.29. The van der Waals surface area contributed by atoms with Crippen LogP contribution in [0.25, 0.3) is 0 Å². The van der Waals surface area contributed by atoms with E-state index in [9.17, 15) is 0 Å². The average Bonchev–Trinajstić information content (AvgIpc) is 2.56. The molecule has 0 atom stereocenters. The largest absolute Gasteiger partial charge is 0.269 e. The molecule has 73 valence electrons. The lowest BCUT2D eigenvalue weighted by Gasteiger charge is -2.05. The number of aryl methyl sites for hydroxylation is 2. The molecular weight excluding hydrogens is 160 g/mol. The number of nitrogens with zero attached hydrogens (tertiary/aromatic N) is 2. The van der Waals surface area contributed by atoms with Gasteiger partial charge in [0.05, 0.1) is 0 Å². The molecule has 0 spiro atoms. The third kappa shape index (κ3) is 2.33. The fourth-order valence-corrected chi connectivity index (χ4v) is 1.57. The Labute approximate surface area is 81.0 Å². The Bertz CT molecular complexity index is 251. The molecule has 0 saturated carbocycles. The van der Waals surface area contributed by atoms with Crippen molar-refractivity contribution in [3.63, 3.8) is 0 Å². The molecule has 1 aromatic rings. The molecule has 1 aromatic heterocycles. The van der Waals surface area contributed by atoms with Gasteiger partial charge in [0, 0.05) is 17.8 Å². The number of hydrogen-bond donors (Lipinski definition) is 0. The molecule has 0 aliphatic heterocycles. The molecule has 0 fully saturated rings. The van der Waals surface area contributed by atoms with Crippen LogP contribution in [0.1, 0.15) is 44.9 Å². The van der Waals surface area contributed by atoms with Crippen LogP contribution in [0.5, 0.6) is 0 Å². The van der Waals surface area contributed by atoms with E-state index in [2.05, 4.69) is 36.7 Å². The first kappa shape index (κ1) is 10.3. The molecule has 1 rings (SSSR count). The normalized spacial score (nSPS) is 10.7. The summed E-state index contributed by atoms with van der Waals surface area (Å²) in [4.78, 5) is 0. The average molecular weight is 179 g/mol. The second-order valence-electron chi connectivity index (χ2n) is 3.32. The maximum absolute atomic E-state index is 4.29. The minimum absolute atomic E-state index is 1.05. The fraction of sp³-hybridized carbons (Fsp3) is 0.727. The Balaban J connectivity index is 2.75. The van der Waals surface area contributed by atoms with Crippen LogP contribution in [0, 0.1) is 6.20 Å². The van der Waals surface area contributed by atoms with Crippen molar-refractivity contribution in [3.8, 4) is 0 Å². The predicted octanol–water partition coefficient (Wildman–Crippen LogP) is 2.61. The van der Waals surface area contributed by atoms with E-state index in [0.717, 1.165) is 19.4 Å². The van der Waals surface area contributed by atoms with Crippen molar-refractivity contribution in [2.75, 3.05) is 0 Å². The lowest BCUT2D eigenvalue weighted by molar-refractivity contribution is 0.549. The molecule has 2 nitrogen and oxygen atoms in total. The number of rotatable bonds is 5. The van der Waals surface area contributed by atoms with Gasteiger partial charge in [-0.2, -0.15) is 5.10 Å². The minimum atomic E-state index is 1.05. The van der Waals surface area contributed by atoms with Gasteiger partial charge in [-0.3, -0.25) is 4.68 Å². The summed E-state index contributed by atoms with van der Waals surface area (Å²) in [6.07, 6.45) is 7.66. The molecule has 0 unspecified atom stereocenters. The van der Waals surface area contributed by atoms with E-state index in [-0.39, 0.29) is 0 Å². The Kier molecular flexibility index (Phi) is 4.00. The molecule has 0 bridgehead atoms. The zero-order valence-electron chi connectivity index (χ0n) is 8.93. The van der Waals surface area contributed by atoms with Gasteiger partial charge in [0.25, 0.3) is 0 Å². The van der Waals surface area contributed by atoms with Gasteiger partial charge < -0.3 is 0 Å². The molecule has 0 saturated heterocycles. The Hall–Kier alpha value is -0.790. The summed E-state index contributed by atoms with van der Waals surface area (Å²) in [5.74, 6) is 0. The molecule has 2 heteroatoms. The van der Waals surface area contributed by atoms with Crippen molar-refractivity contribution < 1.29 is 0 Å². The van der Waals surface area contributed by atoms with Gasteiger partial charge in [-0.05, 0) is 19.3 Å². The zero-order valence-corrected chi connectivity index (χ0v) is 8.93. The standard InChI is InChI=1S/C11H19N2/c1-4-7-8-13-11(6-3)10(5-2)9-12-13/h4-8H2,1-3H3. The van der Waals surface area contributed by atoms with Crippen molar-refractivity contribution >= 4 is 0 Å². The second-order valence-corrected chi connectivity index (χ2v) is 3.32. The van der Waals surface area contributed by atoms with Crippen molar-refractivity contribution in [1.82, 2.24) is 9.78 Å². The second kappa shape index (κ2) is 5.05. The third-order valence-electron chi connectivity index (χ3n) is 2.38. The van der Waals surface area contributed by atoms with Crippen LogP contribution in [0.2, 0.25) is 0 Å². The van der Waals surface area contributed by atoms with E-state index in [1.807, 2.05) is 0 Å². The summed E-state index contributed by atoms with van der Waals surface area (Å²) in [7, 11) is 0. The first-order valence-electron chi connectivity index (χ1n) is 5.29. The molecule has 0 aliphatic carbocycles. The first-order valence-corrected chi connectivity index (χ1v) is 5.29. The molecule has 0 aromatic carbocycles. The molecular formula is C11H19N2. The minimum Gasteiger partial charge on any atom is -0.269 e. The van der Waals surface area contributed by atoms with E-state index < -0.39 is 0 Å². The van der Waals surface area contributed by atoms with E-state index in [0.29, 0.717) is 0 Å². The van der Waals surface area contributed by atoms with Crippen LogP contribution >= 0.6 is 0 Å². The summed E-state index contributed by atoms with van der Waals surface area (Å²) in [6, 6.07) is 0. The Morgan fingerprint density at radius 2 is 2.00 bits per heavy atom. The van der Waals surface area contributed by atoms with E-state index in [1.165, 1.54) is 24.1 Å². The van der Waals surface area contributed by atoms with Crippen LogP contribution < -0.4 is 0 Å². The predicted molar refractivity (Wildman–Crippen MR) is 54.7 cm³/mol. The molecule has 0 aliphatic rings. The number of hydrogen-bond acceptors (Lipinski definition) is 1. The maximum Gasteiger partial charge on any atom is 0.116 e. The lowest BCUT2D eigenvalue weighted by Crippen LogP contribution is -2.05. The maximum atomic E-state index is 4.29. The van der Waals surface area contributed by atoms with Crippen LogP contribution in [-0.2, 0) is 19.4 Å².